The van der Waals surface area contributed by atoms with Crippen molar-refractivity contribution in [2.24, 2.45) is 0 Å². The first-order valence-corrected chi connectivity index (χ1v) is 16.4. The molecule has 6 heteroatoms. The van der Waals surface area contributed by atoms with Crippen molar-refractivity contribution in [1.82, 2.24) is 0 Å². The van der Waals surface area contributed by atoms with Crippen LogP contribution in [0.3, 0.4) is 0 Å². The van der Waals surface area contributed by atoms with Gasteiger partial charge in [-0.3, -0.25) is 0 Å². The first-order valence-electron chi connectivity index (χ1n) is 9.87. The Labute approximate surface area is 208 Å². The molecule has 2 aromatic carbocycles. The molecule has 0 heterocycles. The summed E-state index contributed by atoms with van der Waals surface area (Å²) >= 11 is 7.98. The second-order valence-corrected chi connectivity index (χ2v) is 13.8. The lowest BCUT2D eigenvalue weighted by Crippen LogP contribution is -2.12. The van der Waals surface area contributed by atoms with Crippen LogP contribution in [0.1, 0.15) is 0 Å². The third kappa shape index (κ3) is 12.2. The summed E-state index contributed by atoms with van der Waals surface area (Å²) in [6, 6.07) is 21.6. The van der Waals surface area contributed by atoms with Gasteiger partial charge in [0.1, 0.15) is 0 Å². The first kappa shape index (κ1) is 26.3. The van der Waals surface area contributed by atoms with Gasteiger partial charge in [-0.05, 0) is 24.3 Å². The summed E-state index contributed by atoms with van der Waals surface area (Å²) in [5, 5.41) is 1.23. The third-order valence-electron chi connectivity index (χ3n) is 3.76. The number of hydrogen-bond donors (Lipinski definition) is 0. The number of thioether (sulfide) groups is 4. The molecule has 0 fully saturated rings. The minimum Gasteiger partial charge on any atom is -0.157 e. The lowest BCUT2D eigenvalue weighted by atomic mass is 10.4. The molecule has 0 nitrogen and oxygen atoms in total. The van der Waals surface area contributed by atoms with E-state index in [9.17, 15) is 0 Å². The number of rotatable bonds is 17. The van der Waals surface area contributed by atoms with Gasteiger partial charge in [-0.1, -0.05) is 70.1 Å². The summed E-state index contributed by atoms with van der Waals surface area (Å²) in [6.45, 7) is 7.71. The Morgan fingerprint density at radius 3 is 1.37 bits per heavy atom. The van der Waals surface area contributed by atoms with Crippen LogP contribution < -0.4 is 0 Å². The predicted octanol–water partition coefficient (Wildman–Crippen LogP) is 8.53. The van der Waals surface area contributed by atoms with Gasteiger partial charge in [-0.15, -0.1) is 36.7 Å². The van der Waals surface area contributed by atoms with Crippen LogP contribution in [0, 0.1) is 0 Å². The van der Waals surface area contributed by atoms with Crippen LogP contribution in [0.25, 0.3) is 0 Å². The normalized spacial score (nSPS) is 12.9. The predicted molar refractivity (Wildman–Crippen MR) is 152 cm³/mol. The van der Waals surface area contributed by atoms with Crippen LogP contribution in [0.15, 0.2) is 95.8 Å². The molecule has 2 unspecified atom stereocenters. The zero-order chi connectivity index (χ0) is 21.3. The van der Waals surface area contributed by atoms with E-state index in [2.05, 4.69) is 73.8 Å². The fraction of sp³-hybridized carbons (Fsp3) is 0.333. The van der Waals surface area contributed by atoms with E-state index < -0.39 is 0 Å². The fourth-order valence-corrected chi connectivity index (χ4v) is 10.4. The van der Waals surface area contributed by atoms with Crippen molar-refractivity contribution in [3.05, 3.63) is 86.0 Å². The topological polar surface area (TPSA) is 0 Å². The number of hydrogen-bond acceptors (Lipinski definition) is 6. The minimum absolute atomic E-state index is 0.616. The smallest absolute Gasteiger partial charge is 0.0284 e. The molecule has 0 saturated carbocycles. The van der Waals surface area contributed by atoms with E-state index in [1.807, 2.05) is 80.8 Å². The van der Waals surface area contributed by atoms with Crippen LogP contribution in [-0.2, 0) is 0 Å². The molecule has 0 radical (unpaired) electrons. The summed E-state index contributed by atoms with van der Waals surface area (Å²) in [6.07, 6.45) is 4.01. The van der Waals surface area contributed by atoms with Crippen LogP contribution in [0.4, 0.5) is 0 Å². The summed E-state index contributed by atoms with van der Waals surface area (Å²) in [7, 11) is 4.06. The Hall–Kier alpha value is 0.0200. The van der Waals surface area contributed by atoms with Gasteiger partial charge in [0.25, 0.3) is 0 Å². The molecule has 2 rings (SSSR count). The average molecular weight is 511 g/mol. The van der Waals surface area contributed by atoms with Gasteiger partial charge in [0.2, 0.25) is 0 Å². The van der Waals surface area contributed by atoms with E-state index in [1.165, 1.54) is 9.79 Å². The van der Waals surface area contributed by atoms with E-state index in [0.29, 0.717) is 10.5 Å². The van der Waals surface area contributed by atoms with E-state index in [4.69, 9.17) is 0 Å². The molecule has 0 aromatic heterocycles. The molecule has 0 aliphatic carbocycles. The molecule has 0 bridgehead atoms. The third-order valence-corrected chi connectivity index (χ3v) is 11.8. The second-order valence-electron chi connectivity index (χ2n) is 6.33. The molecule has 0 saturated heterocycles. The molecule has 30 heavy (non-hydrogen) atoms. The van der Waals surface area contributed by atoms with Crippen molar-refractivity contribution in [3.8, 4) is 0 Å². The maximum atomic E-state index is 3.85. The van der Waals surface area contributed by atoms with Crippen LogP contribution >= 0.6 is 68.6 Å². The van der Waals surface area contributed by atoms with Crippen LogP contribution in [0.2, 0.25) is 0 Å². The largest absolute Gasteiger partial charge is 0.157 e. The van der Waals surface area contributed by atoms with Crippen molar-refractivity contribution in [2.45, 2.75) is 20.3 Å². The lowest BCUT2D eigenvalue weighted by Gasteiger charge is -2.18. The molecular formula is C24H30S6. The standard InChI is InChI=1S/C24H30S6/c1-3-15-25-17-23(29-21-11-7-5-8-12-21)19-27-28-20-24(18-26-16-4-2)30-22-13-9-6-10-14-22/h3-14,23-24H,1-2,15-20H2. The highest BCUT2D eigenvalue weighted by Gasteiger charge is 2.14. The molecule has 2 atom stereocenters. The maximum Gasteiger partial charge on any atom is 0.0284 e. The Kier molecular flexibility index (Phi) is 15.4. The molecule has 0 spiro atoms. The van der Waals surface area contributed by atoms with Gasteiger partial charge in [0.05, 0.1) is 0 Å². The summed E-state index contributed by atoms with van der Waals surface area (Å²) in [5.74, 6) is 6.71. The average Bonchev–Trinajstić information content (AvgIpc) is 2.78. The Morgan fingerprint density at radius 2 is 1.00 bits per heavy atom. The molecule has 0 aliphatic heterocycles. The van der Waals surface area contributed by atoms with Crippen molar-refractivity contribution in [3.63, 3.8) is 0 Å². The van der Waals surface area contributed by atoms with E-state index >= 15 is 0 Å². The highest BCUT2D eigenvalue weighted by Crippen LogP contribution is 2.35. The highest BCUT2D eigenvalue weighted by molar-refractivity contribution is 8.76. The fourth-order valence-electron chi connectivity index (χ4n) is 2.43. The molecule has 0 N–H and O–H groups in total. The van der Waals surface area contributed by atoms with Gasteiger partial charge >= 0.3 is 0 Å². The van der Waals surface area contributed by atoms with Crippen molar-refractivity contribution in [2.75, 3.05) is 34.5 Å². The molecule has 0 amide bonds. The maximum absolute atomic E-state index is 3.85. The Morgan fingerprint density at radius 1 is 0.600 bits per heavy atom. The minimum atomic E-state index is 0.616. The molecular weight excluding hydrogens is 481 g/mol. The Balaban J connectivity index is 1.80. The first-order chi connectivity index (χ1) is 14.8. The van der Waals surface area contributed by atoms with Crippen molar-refractivity contribution in [1.29, 1.82) is 0 Å². The Bertz CT molecular complexity index is 630. The number of benzene rings is 2. The van der Waals surface area contributed by atoms with Gasteiger partial charge in [0.15, 0.2) is 0 Å². The monoisotopic (exact) mass is 510 g/mol. The van der Waals surface area contributed by atoms with Crippen LogP contribution in [0.5, 0.6) is 0 Å². The van der Waals surface area contributed by atoms with E-state index in [1.54, 1.807) is 0 Å². The van der Waals surface area contributed by atoms with Gasteiger partial charge in [-0.25, -0.2) is 0 Å². The molecule has 0 aliphatic rings. The quantitative estimate of drug-likeness (QED) is 0.0898. The summed E-state index contributed by atoms with van der Waals surface area (Å²) in [4.78, 5) is 2.73. The highest BCUT2D eigenvalue weighted by atomic mass is 33.1. The summed E-state index contributed by atoms with van der Waals surface area (Å²) < 4.78 is 0. The zero-order valence-corrected chi connectivity index (χ0v) is 22.1. The van der Waals surface area contributed by atoms with Crippen LogP contribution in [-0.4, -0.2) is 45.0 Å². The van der Waals surface area contributed by atoms with Gasteiger partial charge in [-0.2, -0.15) is 23.5 Å². The lowest BCUT2D eigenvalue weighted by molar-refractivity contribution is 1.14. The zero-order valence-electron chi connectivity index (χ0n) is 17.2. The second kappa shape index (κ2) is 17.6. The van der Waals surface area contributed by atoms with Gasteiger partial charge < -0.3 is 0 Å². The molecule has 162 valence electrons. The van der Waals surface area contributed by atoms with E-state index in [-0.39, 0.29) is 0 Å². The van der Waals surface area contributed by atoms with E-state index in [0.717, 1.165) is 34.5 Å². The summed E-state index contributed by atoms with van der Waals surface area (Å²) in [5.41, 5.74) is 0. The SMILES string of the molecule is C=CCSCC(CSSCC(CSCC=C)Sc1ccccc1)Sc1ccccc1. The van der Waals surface area contributed by atoms with Crippen molar-refractivity contribution >= 4 is 68.6 Å². The van der Waals surface area contributed by atoms with Gasteiger partial charge in [0, 0.05) is 54.8 Å². The van der Waals surface area contributed by atoms with Crippen molar-refractivity contribution < 1.29 is 0 Å². The molecule has 2 aromatic rings.